The highest BCUT2D eigenvalue weighted by Gasteiger charge is 2.44. The van der Waals surface area contributed by atoms with Gasteiger partial charge < -0.3 is 34.5 Å². The van der Waals surface area contributed by atoms with Gasteiger partial charge in [-0.1, -0.05) is 47.1 Å². The molecule has 0 bridgehead atoms. The summed E-state index contributed by atoms with van der Waals surface area (Å²) >= 11 is 13.2. The van der Waals surface area contributed by atoms with Crippen LogP contribution in [0.15, 0.2) is 47.6 Å². The molecule has 2 aromatic carbocycles. The van der Waals surface area contributed by atoms with Gasteiger partial charge in [0.1, 0.15) is 42.2 Å². The number of nitrogens with zero attached hydrogens (tertiary/aromatic N) is 2. The van der Waals surface area contributed by atoms with Gasteiger partial charge in [-0.15, -0.1) is 0 Å². The Bertz CT molecular complexity index is 1080. The quantitative estimate of drug-likeness (QED) is 0.390. The van der Waals surface area contributed by atoms with E-state index in [4.69, 9.17) is 32.7 Å². The molecule has 1 saturated heterocycles. The molecular formula is C21H22Cl2N2O6S. The molecule has 172 valence electrons. The van der Waals surface area contributed by atoms with Crippen molar-refractivity contribution in [3.05, 3.63) is 52.5 Å². The maximum atomic E-state index is 10.4. The van der Waals surface area contributed by atoms with E-state index < -0.39 is 36.5 Å². The Morgan fingerprint density at radius 3 is 2.59 bits per heavy atom. The van der Waals surface area contributed by atoms with E-state index in [1.165, 1.54) is 0 Å². The molecule has 1 aromatic heterocycles. The molecule has 11 heteroatoms. The normalized spacial score (nSPS) is 25.9. The summed E-state index contributed by atoms with van der Waals surface area (Å²) in [6, 6.07) is 12.5. The highest BCUT2D eigenvalue weighted by atomic mass is 35.5. The Labute approximate surface area is 198 Å². The molecule has 3 aromatic rings. The van der Waals surface area contributed by atoms with Crippen molar-refractivity contribution in [1.82, 2.24) is 9.55 Å². The van der Waals surface area contributed by atoms with Crippen molar-refractivity contribution in [1.29, 1.82) is 0 Å². The van der Waals surface area contributed by atoms with E-state index in [0.717, 1.165) is 22.8 Å². The van der Waals surface area contributed by atoms with E-state index >= 15 is 0 Å². The molecule has 8 nitrogen and oxygen atoms in total. The van der Waals surface area contributed by atoms with Crippen molar-refractivity contribution in [2.24, 2.45) is 0 Å². The molecule has 1 aliphatic rings. The maximum Gasteiger partial charge on any atom is 0.171 e. The standard InChI is InChI=1S/C21H22Cl2N2O6S/c22-11-5-6-15(12(23)9-11)30-8-7-25-14-4-2-1-3-13(14)24-21(25)32-20-19(29)18(28)17(27)16(10-26)31-20/h1-6,9,16-20,26-29H,7-8,10H2. The van der Waals surface area contributed by atoms with E-state index in [0.29, 0.717) is 27.5 Å². The van der Waals surface area contributed by atoms with Gasteiger partial charge in [0, 0.05) is 5.02 Å². The van der Waals surface area contributed by atoms with Crippen LogP contribution in [0, 0.1) is 0 Å². The third-order valence-corrected chi connectivity index (χ3v) is 6.83. The Balaban J connectivity index is 1.55. The van der Waals surface area contributed by atoms with E-state index in [1.807, 2.05) is 28.8 Å². The van der Waals surface area contributed by atoms with Gasteiger partial charge in [0.25, 0.3) is 0 Å². The number of rotatable bonds is 7. The molecule has 0 amide bonds. The number of para-hydroxylation sites is 2. The summed E-state index contributed by atoms with van der Waals surface area (Å²) in [5.41, 5.74) is 0.655. The summed E-state index contributed by atoms with van der Waals surface area (Å²) in [5.74, 6) is 0.503. The van der Waals surface area contributed by atoms with Crippen LogP contribution < -0.4 is 4.74 Å². The van der Waals surface area contributed by atoms with Crippen LogP contribution in [0.1, 0.15) is 0 Å². The zero-order valence-corrected chi connectivity index (χ0v) is 19.0. The lowest BCUT2D eigenvalue weighted by molar-refractivity contribution is -0.205. The summed E-state index contributed by atoms with van der Waals surface area (Å²) in [7, 11) is 0. The van der Waals surface area contributed by atoms with Crippen LogP contribution in [-0.4, -0.2) is 73.0 Å². The van der Waals surface area contributed by atoms with Gasteiger partial charge in [-0.05, 0) is 30.3 Å². The first-order valence-corrected chi connectivity index (χ1v) is 11.5. The van der Waals surface area contributed by atoms with Crippen molar-refractivity contribution in [2.45, 2.75) is 41.6 Å². The molecule has 4 rings (SSSR count). The number of hydrogen-bond donors (Lipinski definition) is 4. The Morgan fingerprint density at radius 2 is 1.84 bits per heavy atom. The number of benzene rings is 2. The van der Waals surface area contributed by atoms with Gasteiger partial charge >= 0.3 is 0 Å². The van der Waals surface area contributed by atoms with E-state index in [2.05, 4.69) is 4.98 Å². The van der Waals surface area contributed by atoms with Crippen LogP contribution >= 0.6 is 35.0 Å². The molecule has 1 aliphatic heterocycles. The fourth-order valence-corrected chi connectivity index (χ4v) is 5.10. The molecule has 0 radical (unpaired) electrons. The number of halogens is 2. The third kappa shape index (κ3) is 4.85. The number of thioether (sulfide) groups is 1. The molecule has 5 atom stereocenters. The van der Waals surface area contributed by atoms with Crippen LogP contribution in [0.2, 0.25) is 10.0 Å². The minimum atomic E-state index is -1.45. The highest BCUT2D eigenvalue weighted by molar-refractivity contribution is 7.99. The van der Waals surface area contributed by atoms with Crippen molar-refractivity contribution in [2.75, 3.05) is 13.2 Å². The topological polar surface area (TPSA) is 117 Å². The Kier molecular flexibility index (Phi) is 7.48. The van der Waals surface area contributed by atoms with E-state index in [1.54, 1.807) is 18.2 Å². The first kappa shape index (κ1) is 23.6. The van der Waals surface area contributed by atoms with Gasteiger partial charge in [0.05, 0.1) is 29.2 Å². The summed E-state index contributed by atoms with van der Waals surface area (Å²) in [5, 5.41) is 41.4. The number of aromatic nitrogens is 2. The van der Waals surface area contributed by atoms with Gasteiger partial charge in [-0.2, -0.15) is 0 Å². The van der Waals surface area contributed by atoms with Crippen LogP contribution in [-0.2, 0) is 11.3 Å². The molecule has 0 aliphatic carbocycles. The number of aliphatic hydroxyl groups is 4. The molecule has 1 fully saturated rings. The fourth-order valence-electron chi connectivity index (χ4n) is 3.47. The van der Waals surface area contributed by atoms with Crippen molar-refractivity contribution >= 4 is 46.0 Å². The van der Waals surface area contributed by atoms with Crippen LogP contribution in [0.5, 0.6) is 5.75 Å². The van der Waals surface area contributed by atoms with E-state index in [-0.39, 0.29) is 6.61 Å². The summed E-state index contributed by atoms with van der Waals surface area (Å²) < 4.78 is 13.3. The third-order valence-electron chi connectivity index (χ3n) is 5.16. The van der Waals surface area contributed by atoms with Gasteiger partial charge in [-0.25, -0.2) is 4.98 Å². The molecular weight excluding hydrogens is 479 g/mol. The number of imidazole rings is 1. The zero-order valence-electron chi connectivity index (χ0n) is 16.7. The number of aliphatic hydroxyl groups excluding tert-OH is 4. The monoisotopic (exact) mass is 500 g/mol. The molecule has 0 spiro atoms. The first-order valence-electron chi connectivity index (χ1n) is 9.89. The van der Waals surface area contributed by atoms with Crippen molar-refractivity contribution in [3.8, 4) is 5.75 Å². The zero-order chi connectivity index (χ0) is 22.8. The first-order chi connectivity index (χ1) is 15.4. The second kappa shape index (κ2) is 10.1. The molecule has 2 heterocycles. The average Bonchev–Trinajstić information content (AvgIpc) is 3.12. The van der Waals surface area contributed by atoms with Crippen molar-refractivity contribution < 1.29 is 29.9 Å². The minimum absolute atomic E-state index is 0.282. The summed E-state index contributed by atoms with van der Waals surface area (Å²) in [6.07, 6.45) is -5.22. The minimum Gasteiger partial charge on any atom is -0.490 e. The Hall–Kier alpha value is -1.56. The molecule has 0 saturated carbocycles. The van der Waals surface area contributed by atoms with Gasteiger partial charge in [-0.3, -0.25) is 0 Å². The Morgan fingerprint density at radius 1 is 1.06 bits per heavy atom. The predicted molar refractivity (Wildman–Crippen MR) is 121 cm³/mol. The second-order valence-corrected chi connectivity index (χ2v) is 9.18. The van der Waals surface area contributed by atoms with E-state index in [9.17, 15) is 20.4 Å². The molecule has 5 unspecified atom stereocenters. The fraction of sp³-hybridized carbons (Fsp3) is 0.381. The van der Waals surface area contributed by atoms with Crippen LogP contribution in [0.3, 0.4) is 0 Å². The lowest BCUT2D eigenvalue weighted by atomic mass is 10.0. The summed E-state index contributed by atoms with van der Waals surface area (Å²) in [6.45, 7) is 0.206. The van der Waals surface area contributed by atoms with Gasteiger partial charge in [0.2, 0.25) is 0 Å². The van der Waals surface area contributed by atoms with Gasteiger partial charge in [0.15, 0.2) is 5.16 Å². The van der Waals surface area contributed by atoms with Crippen LogP contribution in [0.4, 0.5) is 0 Å². The highest BCUT2D eigenvalue weighted by Crippen LogP contribution is 2.35. The second-order valence-electron chi connectivity index (χ2n) is 7.27. The lowest BCUT2D eigenvalue weighted by Crippen LogP contribution is -2.57. The smallest absolute Gasteiger partial charge is 0.171 e. The largest absolute Gasteiger partial charge is 0.490 e. The summed E-state index contributed by atoms with van der Waals surface area (Å²) in [4.78, 5) is 4.62. The van der Waals surface area contributed by atoms with Crippen molar-refractivity contribution in [3.63, 3.8) is 0 Å². The lowest BCUT2D eigenvalue weighted by Gasteiger charge is -2.39. The SMILES string of the molecule is OCC1OC(Sc2nc3ccccc3n2CCOc2ccc(Cl)cc2Cl)C(O)C(O)C1O. The number of ether oxygens (including phenoxy) is 2. The number of hydrogen-bond acceptors (Lipinski definition) is 8. The maximum absolute atomic E-state index is 10.4. The number of fused-ring (bicyclic) bond motifs is 1. The molecule has 32 heavy (non-hydrogen) atoms. The van der Waals surface area contributed by atoms with Crippen LogP contribution in [0.25, 0.3) is 11.0 Å². The predicted octanol–water partition coefficient (Wildman–Crippen LogP) is 2.31. The average molecular weight is 501 g/mol. The molecule has 4 N–H and O–H groups in total.